The first-order valence-electron chi connectivity index (χ1n) is 10.4. The number of rotatable bonds is 5. The van der Waals surface area contributed by atoms with Crippen molar-refractivity contribution in [2.75, 3.05) is 26.2 Å². The highest BCUT2D eigenvalue weighted by molar-refractivity contribution is 7.89. The molecule has 0 N–H and O–H groups in total. The first-order valence-corrected chi connectivity index (χ1v) is 13.1. The van der Waals surface area contributed by atoms with E-state index in [0.29, 0.717) is 59.0 Å². The molecule has 1 saturated heterocycles. The van der Waals surface area contributed by atoms with Crippen molar-refractivity contribution in [1.29, 1.82) is 0 Å². The van der Waals surface area contributed by atoms with E-state index in [1.807, 2.05) is 0 Å². The van der Waals surface area contributed by atoms with Crippen molar-refractivity contribution in [1.82, 2.24) is 23.8 Å². The van der Waals surface area contributed by atoms with Gasteiger partial charge in [-0.1, -0.05) is 35.1 Å². The van der Waals surface area contributed by atoms with Gasteiger partial charge in [-0.3, -0.25) is 9.69 Å². The molecule has 0 atom stereocenters. The highest BCUT2D eigenvalue weighted by atomic mass is 35.5. The third-order valence-corrected chi connectivity index (χ3v) is 8.66. The van der Waals surface area contributed by atoms with Crippen LogP contribution in [-0.4, -0.2) is 58.4 Å². The second kappa shape index (κ2) is 9.16. The Kier molecular flexibility index (Phi) is 6.21. The van der Waals surface area contributed by atoms with Crippen molar-refractivity contribution in [3.63, 3.8) is 0 Å². The second-order valence-corrected chi connectivity index (χ2v) is 11.2. The SMILES string of the molecule is O=c1cc(CN2CCN(S(=O)(=O)c3ccc(Cl)cc3)CC2)nc2sc(-c3cccc(F)c3)nn12. The number of sulfonamides is 1. The number of nitrogens with zero attached hydrogens (tertiary/aromatic N) is 5. The van der Waals surface area contributed by atoms with Gasteiger partial charge < -0.3 is 0 Å². The lowest BCUT2D eigenvalue weighted by molar-refractivity contribution is 0.180. The Bertz CT molecular complexity index is 1510. The van der Waals surface area contributed by atoms with Gasteiger partial charge in [-0.05, 0) is 36.4 Å². The van der Waals surface area contributed by atoms with Crippen molar-refractivity contribution in [3.05, 3.63) is 81.5 Å². The Balaban J connectivity index is 1.30. The van der Waals surface area contributed by atoms with Crippen molar-refractivity contribution in [2.24, 2.45) is 0 Å². The number of fused-ring (bicyclic) bond motifs is 1. The smallest absolute Gasteiger partial charge is 0.275 e. The number of hydrogen-bond donors (Lipinski definition) is 0. The standard InChI is InChI=1S/C22H19ClFN5O3S2/c23-16-4-6-19(7-5-16)34(31,32)28-10-8-27(9-11-28)14-18-13-20(30)29-22(25-18)33-21(26-29)15-2-1-3-17(24)12-15/h1-7,12-13H,8-11,14H2. The number of hydrogen-bond acceptors (Lipinski definition) is 7. The molecule has 5 rings (SSSR count). The summed E-state index contributed by atoms with van der Waals surface area (Å²) in [5.74, 6) is -0.380. The quantitative estimate of drug-likeness (QED) is 0.402. The molecular formula is C22H19ClFN5O3S2. The maximum Gasteiger partial charge on any atom is 0.275 e. The molecule has 0 bridgehead atoms. The van der Waals surface area contributed by atoms with Crippen LogP contribution in [-0.2, 0) is 16.6 Å². The molecule has 1 aliphatic heterocycles. The molecule has 1 aliphatic rings. The summed E-state index contributed by atoms with van der Waals surface area (Å²) in [6, 6.07) is 13.6. The molecule has 0 spiro atoms. The van der Waals surface area contributed by atoms with E-state index >= 15 is 0 Å². The van der Waals surface area contributed by atoms with Gasteiger partial charge in [-0.15, -0.1) is 0 Å². The average Bonchev–Trinajstić information content (AvgIpc) is 3.25. The predicted molar refractivity (Wildman–Crippen MR) is 128 cm³/mol. The number of aromatic nitrogens is 3. The van der Waals surface area contributed by atoms with Crippen LogP contribution in [0.3, 0.4) is 0 Å². The highest BCUT2D eigenvalue weighted by Crippen LogP contribution is 2.25. The molecule has 0 amide bonds. The molecule has 0 unspecified atom stereocenters. The zero-order chi connectivity index (χ0) is 23.9. The molecular weight excluding hydrogens is 501 g/mol. The van der Waals surface area contributed by atoms with Gasteiger partial charge in [0.25, 0.3) is 5.56 Å². The van der Waals surface area contributed by atoms with Crippen molar-refractivity contribution in [3.8, 4) is 10.6 Å². The fraction of sp³-hybridized carbons (Fsp3) is 0.227. The molecule has 0 radical (unpaired) electrons. The lowest BCUT2D eigenvalue weighted by atomic mass is 10.2. The molecule has 0 aliphatic carbocycles. The Hall–Kier alpha value is -2.70. The lowest BCUT2D eigenvalue weighted by Crippen LogP contribution is -2.48. The number of piperazine rings is 1. The predicted octanol–water partition coefficient (Wildman–Crippen LogP) is 3.12. The molecule has 2 aromatic heterocycles. The van der Waals surface area contributed by atoms with E-state index in [-0.39, 0.29) is 16.3 Å². The minimum Gasteiger partial charge on any atom is -0.295 e. The molecule has 8 nitrogen and oxygen atoms in total. The number of benzene rings is 2. The van der Waals surface area contributed by atoms with Gasteiger partial charge in [-0.2, -0.15) is 13.9 Å². The summed E-state index contributed by atoms with van der Waals surface area (Å²) in [4.78, 5) is 19.8. The van der Waals surface area contributed by atoms with Crippen molar-refractivity contribution in [2.45, 2.75) is 11.4 Å². The van der Waals surface area contributed by atoms with Crippen LogP contribution in [0.25, 0.3) is 15.5 Å². The summed E-state index contributed by atoms with van der Waals surface area (Å²) in [7, 11) is -3.59. The van der Waals surface area contributed by atoms with Gasteiger partial charge in [-0.25, -0.2) is 17.8 Å². The first kappa shape index (κ1) is 23.1. The molecule has 12 heteroatoms. The Morgan fingerprint density at radius 1 is 1.03 bits per heavy atom. The summed E-state index contributed by atoms with van der Waals surface area (Å²) < 4.78 is 42.0. The summed E-state index contributed by atoms with van der Waals surface area (Å²) in [6.45, 7) is 2.08. The zero-order valence-corrected chi connectivity index (χ0v) is 20.2. The summed E-state index contributed by atoms with van der Waals surface area (Å²) in [5, 5.41) is 5.26. The van der Waals surface area contributed by atoms with Crippen LogP contribution in [0.1, 0.15) is 5.69 Å². The molecule has 176 valence electrons. The van der Waals surface area contributed by atoms with Gasteiger partial charge in [0.15, 0.2) is 0 Å². The van der Waals surface area contributed by atoms with Crippen LogP contribution in [0.5, 0.6) is 0 Å². The van der Waals surface area contributed by atoms with Crippen LogP contribution in [0, 0.1) is 5.82 Å². The summed E-state index contributed by atoms with van der Waals surface area (Å²) in [5.41, 5.74) is 0.839. The van der Waals surface area contributed by atoms with Gasteiger partial charge in [0.2, 0.25) is 15.0 Å². The van der Waals surface area contributed by atoms with E-state index in [4.69, 9.17) is 11.6 Å². The van der Waals surface area contributed by atoms with Gasteiger partial charge in [0.05, 0.1) is 10.6 Å². The van der Waals surface area contributed by atoms with E-state index in [1.165, 1.54) is 50.5 Å². The van der Waals surface area contributed by atoms with E-state index in [2.05, 4.69) is 15.0 Å². The maximum atomic E-state index is 13.6. The Morgan fingerprint density at radius 3 is 2.47 bits per heavy atom. The van der Waals surface area contributed by atoms with Gasteiger partial charge in [0, 0.05) is 49.4 Å². The summed E-state index contributed by atoms with van der Waals surface area (Å²) in [6.07, 6.45) is 0. The van der Waals surface area contributed by atoms with Crippen LogP contribution in [0.4, 0.5) is 4.39 Å². The van der Waals surface area contributed by atoms with Crippen LogP contribution < -0.4 is 5.56 Å². The first-order chi connectivity index (χ1) is 16.3. The third kappa shape index (κ3) is 4.62. The van der Waals surface area contributed by atoms with Crippen LogP contribution in [0.2, 0.25) is 5.02 Å². The maximum absolute atomic E-state index is 13.6. The Labute approximate surface area is 203 Å². The average molecular weight is 520 g/mol. The molecule has 34 heavy (non-hydrogen) atoms. The third-order valence-electron chi connectivity index (χ3n) is 5.54. The largest absolute Gasteiger partial charge is 0.295 e. The van der Waals surface area contributed by atoms with E-state index in [9.17, 15) is 17.6 Å². The van der Waals surface area contributed by atoms with E-state index < -0.39 is 10.0 Å². The normalized spacial score (nSPS) is 15.7. The van der Waals surface area contributed by atoms with Crippen LogP contribution in [0.15, 0.2) is 64.3 Å². The van der Waals surface area contributed by atoms with Gasteiger partial charge >= 0.3 is 0 Å². The highest BCUT2D eigenvalue weighted by Gasteiger charge is 2.28. The summed E-state index contributed by atoms with van der Waals surface area (Å²) >= 11 is 7.08. The van der Waals surface area contributed by atoms with E-state index in [1.54, 1.807) is 24.3 Å². The minimum absolute atomic E-state index is 0.213. The lowest BCUT2D eigenvalue weighted by Gasteiger charge is -2.33. The van der Waals surface area contributed by atoms with Crippen LogP contribution >= 0.6 is 22.9 Å². The fourth-order valence-corrected chi connectivity index (χ4v) is 6.26. The minimum atomic E-state index is -3.59. The molecule has 1 fully saturated rings. The van der Waals surface area contributed by atoms with Crippen molar-refractivity contribution >= 4 is 37.9 Å². The zero-order valence-electron chi connectivity index (χ0n) is 17.8. The monoisotopic (exact) mass is 519 g/mol. The fourth-order valence-electron chi connectivity index (χ4n) is 3.79. The van der Waals surface area contributed by atoms with E-state index in [0.717, 1.165) is 0 Å². The number of halogens is 2. The molecule has 0 saturated carbocycles. The molecule has 3 heterocycles. The van der Waals surface area contributed by atoms with Gasteiger partial charge in [0.1, 0.15) is 10.8 Å². The second-order valence-electron chi connectivity index (χ2n) is 7.83. The van der Waals surface area contributed by atoms with Crippen molar-refractivity contribution < 1.29 is 12.8 Å². The topological polar surface area (TPSA) is 87.9 Å². The Morgan fingerprint density at radius 2 is 1.76 bits per heavy atom. The molecule has 4 aromatic rings. The molecule has 2 aromatic carbocycles.